The molecule has 1 fully saturated rings. The Bertz CT molecular complexity index is 550. The van der Waals surface area contributed by atoms with Gasteiger partial charge in [-0.2, -0.15) is 0 Å². The molecule has 1 heterocycles. The number of halogens is 2. The standard InChI is InChI=1S/C12H12Cl2N2O3/c13-7-1-2-9(14)8(5-7)10(17)16-4-3-12(15,6-16)11(18)19/h1-2,5H,3-4,6,15H2,(H,18,19). The van der Waals surface area contributed by atoms with E-state index >= 15 is 0 Å². The molecule has 3 N–H and O–H groups in total. The van der Waals surface area contributed by atoms with Crippen molar-refractivity contribution in [2.24, 2.45) is 5.73 Å². The van der Waals surface area contributed by atoms with Gasteiger partial charge in [-0.1, -0.05) is 23.2 Å². The van der Waals surface area contributed by atoms with Gasteiger partial charge in [0.05, 0.1) is 10.6 Å². The van der Waals surface area contributed by atoms with Crippen molar-refractivity contribution >= 4 is 35.1 Å². The third-order valence-corrected chi connectivity index (χ3v) is 3.74. The van der Waals surface area contributed by atoms with E-state index < -0.39 is 11.5 Å². The molecular formula is C12H12Cl2N2O3. The average molecular weight is 303 g/mol. The molecule has 0 aliphatic carbocycles. The first-order chi connectivity index (χ1) is 8.83. The maximum atomic E-state index is 12.3. The van der Waals surface area contributed by atoms with Crippen LogP contribution in [-0.4, -0.2) is 40.5 Å². The van der Waals surface area contributed by atoms with Crippen LogP contribution in [-0.2, 0) is 4.79 Å². The highest BCUT2D eigenvalue weighted by Gasteiger charge is 2.43. The summed E-state index contributed by atoms with van der Waals surface area (Å²) in [6.45, 7) is 0.245. The number of hydrogen-bond donors (Lipinski definition) is 2. The van der Waals surface area contributed by atoms with E-state index in [2.05, 4.69) is 0 Å². The highest BCUT2D eigenvalue weighted by molar-refractivity contribution is 6.35. The Labute approximate surface area is 119 Å². The maximum Gasteiger partial charge on any atom is 0.325 e. The van der Waals surface area contributed by atoms with Crippen molar-refractivity contribution in [1.29, 1.82) is 0 Å². The van der Waals surface area contributed by atoms with Crippen molar-refractivity contribution < 1.29 is 14.7 Å². The van der Waals surface area contributed by atoms with E-state index in [-0.39, 0.29) is 36.0 Å². The number of carbonyl (C=O) groups is 2. The third kappa shape index (κ3) is 2.68. The number of hydrogen-bond acceptors (Lipinski definition) is 3. The number of carbonyl (C=O) groups excluding carboxylic acids is 1. The summed E-state index contributed by atoms with van der Waals surface area (Å²) in [4.78, 5) is 24.7. The van der Waals surface area contributed by atoms with Gasteiger partial charge >= 0.3 is 5.97 Å². The van der Waals surface area contributed by atoms with Crippen LogP contribution in [0, 0.1) is 0 Å². The van der Waals surface area contributed by atoms with Crippen LogP contribution < -0.4 is 5.73 Å². The second kappa shape index (κ2) is 5.00. The highest BCUT2D eigenvalue weighted by Crippen LogP contribution is 2.26. The molecule has 19 heavy (non-hydrogen) atoms. The molecule has 0 bridgehead atoms. The number of nitrogens with two attached hydrogens (primary N) is 1. The summed E-state index contributed by atoms with van der Waals surface area (Å²) >= 11 is 11.8. The van der Waals surface area contributed by atoms with Gasteiger partial charge in [0.25, 0.3) is 5.91 Å². The zero-order chi connectivity index (χ0) is 14.2. The summed E-state index contributed by atoms with van der Waals surface area (Å²) in [5, 5.41) is 9.70. The van der Waals surface area contributed by atoms with Crippen LogP contribution in [0.25, 0.3) is 0 Å². The average Bonchev–Trinajstić information content (AvgIpc) is 2.76. The predicted octanol–water partition coefficient (Wildman–Crippen LogP) is 1.62. The number of likely N-dealkylation sites (tertiary alicyclic amines) is 1. The SMILES string of the molecule is NC1(C(=O)O)CCN(C(=O)c2cc(Cl)ccc2Cl)C1. The van der Waals surface area contributed by atoms with E-state index in [9.17, 15) is 9.59 Å². The molecule has 0 saturated carbocycles. The second-order valence-corrected chi connectivity index (χ2v) is 5.41. The molecule has 1 unspecified atom stereocenters. The first kappa shape index (κ1) is 14.1. The van der Waals surface area contributed by atoms with E-state index in [0.717, 1.165) is 0 Å². The van der Waals surface area contributed by atoms with E-state index in [4.69, 9.17) is 34.0 Å². The van der Waals surface area contributed by atoms with E-state index in [1.54, 1.807) is 6.07 Å². The molecule has 1 atom stereocenters. The lowest BCUT2D eigenvalue weighted by Gasteiger charge is -2.20. The topological polar surface area (TPSA) is 83.6 Å². The van der Waals surface area contributed by atoms with Crippen LogP contribution in [0.1, 0.15) is 16.8 Å². The number of carboxylic acid groups (broad SMARTS) is 1. The fraction of sp³-hybridized carbons (Fsp3) is 0.333. The lowest BCUT2D eigenvalue weighted by atomic mass is 10.0. The van der Waals surface area contributed by atoms with Crippen molar-refractivity contribution in [3.05, 3.63) is 33.8 Å². The molecule has 1 amide bonds. The summed E-state index contributed by atoms with van der Waals surface area (Å²) in [7, 11) is 0. The molecule has 5 nitrogen and oxygen atoms in total. The van der Waals surface area contributed by atoms with Crippen LogP contribution >= 0.6 is 23.2 Å². The van der Waals surface area contributed by atoms with E-state index in [1.807, 2.05) is 0 Å². The summed E-state index contributed by atoms with van der Waals surface area (Å²) in [5.74, 6) is -1.47. The molecule has 0 aromatic heterocycles. The van der Waals surface area contributed by atoms with Crippen LogP contribution in [0.2, 0.25) is 10.0 Å². The molecule has 1 aromatic carbocycles. The van der Waals surface area contributed by atoms with Gasteiger partial charge in [-0.05, 0) is 24.6 Å². The van der Waals surface area contributed by atoms with Crippen LogP contribution in [0.3, 0.4) is 0 Å². The number of nitrogens with zero attached hydrogens (tertiary/aromatic N) is 1. The quantitative estimate of drug-likeness (QED) is 0.869. The zero-order valence-electron chi connectivity index (χ0n) is 9.90. The van der Waals surface area contributed by atoms with Crippen molar-refractivity contribution in [3.8, 4) is 0 Å². The molecule has 0 spiro atoms. The van der Waals surface area contributed by atoms with Gasteiger partial charge in [0.2, 0.25) is 0 Å². The highest BCUT2D eigenvalue weighted by atomic mass is 35.5. The zero-order valence-corrected chi connectivity index (χ0v) is 11.4. The normalized spacial score (nSPS) is 22.6. The molecule has 7 heteroatoms. The Hall–Kier alpha value is -1.30. The van der Waals surface area contributed by atoms with Crippen LogP contribution in [0.5, 0.6) is 0 Å². The Morgan fingerprint density at radius 3 is 2.63 bits per heavy atom. The van der Waals surface area contributed by atoms with Gasteiger partial charge in [-0.3, -0.25) is 9.59 Å². The molecule has 1 aromatic rings. The number of benzene rings is 1. The van der Waals surface area contributed by atoms with Gasteiger partial charge < -0.3 is 15.7 Å². The summed E-state index contributed by atoms with van der Waals surface area (Å²) < 4.78 is 0. The minimum absolute atomic E-state index is 0.0377. The lowest BCUT2D eigenvalue weighted by Crippen LogP contribution is -2.50. The number of rotatable bonds is 2. The fourth-order valence-corrected chi connectivity index (χ4v) is 2.38. The number of aliphatic carboxylic acids is 1. The molecule has 1 aliphatic heterocycles. The Balaban J connectivity index is 2.22. The monoisotopic (exact) mass is 302 g/mol. The van der Waals surface area contributed by atoms with Crippen LogP contribution in [0.4, 0.5) is 0 Å². The number of amides is 1. The van der Waals surface area contributed by atoms with E-state index in [1.165, 1.54) is 17.0 Å². The molecule has 0 radical (unpaired) electrons. The largest absolute Gasteiger partial charge is 0.480 e. The van der Waals surface area contributed by atoms with Gasteiger partial charge in [0, 0.05) is 18.1 Å². The van der Waals surface area contributed by atoms with Gasteiger partial charge in [-0.15, -0.1) is 0 Å². The minimum Gasteiger partial charge on any atom is -0.480 e. The van der Waals surface area contributed by atoms with Crippen molar-refractivity contribution in [2.75, 3.05) is 13.1 Å². The molecular weight excluding hydrogens is 291 g/mol. The van der Waals surface area contributed by atoms with Crippen LogP contribution in [0.15, 0.2) is 18.2 Å². The van der Waals surface area contributed by atoms with Gasteiger partial charge in [0.15, 0.2) is 0 Å². The maximum absolute atomic E-state index is 12.3. The van der Waals surface area contributed by atoms with Crippen molar-refractivity contribution in [3.63, 3.8) is 0 Å². The summed E-state index contributed by atoms with van der Waals surface area (Å²) in [6.07, 6.45) is 0.215. The fourth-order valence-electron chi connectivity index (χ4n) is 2.01. The smallest absolute Gasteiger partial charge is 0.325 e. The third-order valence-electron chi connectivity index (χ3n) is 3.17. The first-order valence-electron chi connectivity index (χ1n) is 5.60. The summed E-state index contributed by atoms with van der Waals surface area (Å²) in [5.41, 5.74) is 4.59. The molecule has 1 saturated heterocycles. The number of carboxylic acids is 1. The van der Waals surface area contributed by atoms with E-state index in [0.29, 0.717) is 5.02 Å². The van der Waals surface area contributed by atoms with Crippen molar-refractivity contribution in [2.45, 2.75) is 12.0 Å². The minimum atomic E-state index is -1.39. The predicted molar refractivity (Wildman–Crippen MR) is 71.5 cm³/mol. The Kier molecular flexibility index (Phi) is 3.71. The van der Waals surface area contributed by atoms with Gasteiger partial charge in [-0.25, -0.2) is 0 Å². The van der Waals surface area contributed by atoms with Gasteiger partial charge in [0.1, 0.15) is 5.54 Å². The Morgan fingerprint density at radius 2 is 2.05 bits per heavy atom. The van der Waals surface area contributed by atoms with Crippen molar-refractivity contribution in [1.82, 2.24) is 4.90 Å². The first-order valence-corrected chi connectivity index (χ1v) is 6.36. The molecule has 2 rings (SSSR count). The molecule has 102 valence electrons. The lowest BCUT2D eigenvalue weighted by molar-refractivity contribution is -0.142. The second-order valence-electron chi connectivity index (χ2n) is 4.56. The summed E-state index contributed by atoms with van der Waals surface area (Å²) in [6, 6.07) is 4.57. The Morgan fingerprint density at radius 1 is 1.37 bits per heavy atom. The molecule has 1 aliphatic rings.